The molecule has 5 heteroatoms. The van der Waals surface area contributed by atoms with Crippen LogP contribution in [0, 0.1) is 0 Å². The third kappa shape index (κ3) is 4.73. The Kier molecular flexibility index (Phi) is 5.97. The van der Waals surface area contributed by atoms with Crippen molar-refractivity contribution in [2.45, 2.75) is 63.8 Å². The number of likely N-dealkylation sites (tertiary alicyclic amines) is 1. The Morgan fingerprint density at radius 1 is 1.08 bits per heavy atom. The molecule has 1 heterocycles. The highest BCUT2D eigenvalue weighted by molar-refractivity contribution is 5.29. The molecular weight excluding hydrogens is 315 g/mol. The number of alkyl halides is 3. The van der Waals surface area contributed by atoms with Crippen LogP contribution in [0.4, 0.5) is 13.2 Å². The molecule has 1 aromatic rings. The molecule has 1 fully saturated rings. The summed E-state index contributed by atoms with van der Waals surface area (Å²) in [5, 5.41) is 0. The van der Waals surface area contributed by atoms with Gasteiger partial charge in [0.15, 0.2) is 0 Å². The molecule has 2 rings (SSSR count). The summed E-state index contributed by atoms with van der Waals surface area (Å²) < 4.78 is 43.5. The lowest BCUT2D eigenvalue weighted by molar-refractivity contribution is -0.137. The lowest BCUT2D eigenvalue weighted by atomic mass is 9.78. The SMILES string of the molecule is COC1CCN(C(C)CC(C)(C)c2ccc(C(F)(F)F)cc2)CC1. The van der Waals surface area contributed by atoms with Crippen molar-refractivity contribution in [2.75, 3.05) is 20.2 Å². The van der Waals surface area contributed by atoms with Crippen LogP contribution in [0.2, 0.25) is 0 Å². The number of benzene rings is 1. The fourth-order valence-electron chi connectivity index (χ4n) is 3.65. The van der Waals surface area contributed by atoms with Crippen molar-refractivity contribution in [3.63, 3.8) is 0 Å². The van der Waals surface area contributed by atoms with Crippen LogP contribution in [-0.4, -0.2) is 37.2 Å². The van der Waals surface area contributed by atoms with Crippen LogP contribution in [-0.2, 0) is 16.3 Å². The van der Waals surface area contributed by atoms with E-state index in [1.807, 2.05) is 0 Å². The number of piperidine rings is 1. The van der Waals surface area contributed by atoms with Gasteiger partial charge in [0.1, 0.15) is 0 Å². The molecule has 136 valence electrons. The monoisotopic (exact) mass is 343 g/mol. The van der Waals surface area contributed by atoms with Gasteiger partial charge in [0.25, 0.3) is 0 Å². The van der Waals surface area contributed by atoms with Gasteiger partial charge >= 0.3 is 6.18 Å². The van der Waals surface area contributed by atoms with E-state index >= 15 is 0 Å². The first-order valence-corrected chi connectivity index (χ1v) is 8.58. The third-order valence-electron chi connectivity index (χ3n) is 5.23. The first-order valence-electron chi connectivity index (χ1n) is 8.58. The van der Waals surface area contributed by atoms with Crippen LogP contribution in [0.1, 0.15) is 51.2 Å². The predicted octanol–water partition coefficient (Wildman–Crippen LogP) is 4.87. The van der Waals surface area contributed by atoms with E-state index < -0.39 is 11.7 Å². The van der Waals surface area contributed by atoms with Gasteiger partial charge in [-0.15, -0.1) is 0 Å². The smallest absolute Gasteiger partial charge is 0.381 e. The zero-order valence-corrected chi connectivity index (χ0v) is 15.0. The zero-order chi connectivity index (χ0) is 18.0. The highest BCUT2D eigenvalue weighted by Gasteiger charge is 2.32. The molecule has 0 saturated carbocycles. The van der Waals surface area contributed by atoms with Crippen LogP contribution in [0.3, 0.4) is 0 Å². The number of hydrogen-bond donors (Lipinski definition) is 0. The number of methoxy groups -OCH3 is 1. The Morgan fingerprint density at radius 3 is 2.04 bits per heavy atom. The van der Waals surface area contributed by atoms with E-state index in [2.05, 4.69) is 25.7 Å². The Morgan fingerprint density at radius 2 is 1.58 bits per heavy atom. The van der Waals surface area contributed by atoms with Gasteiger partial charge in [-0.1, -0.05) is 26.0 Å². The quantitative estimate of drug-likeness (QED) is 0.756. The zero-order valence-electron chi connectivity index (χ0n) is 15.0. The van der Waals surface area contributed by atoms with Crippen molar-refractivity contribution in [3.05, 3.63) is 35.4 Å². The van der Waals surface area contributed by atoms with Gasteiger partial charge in [0.2, 0.25) is 0 Å². The molecule has 0 amide bonds. The summed E-state index contributed by atoms with van der Waals surface area (Å²) in [7, 11) is 1.76. The van der Waals surface area contributed by atoms with E-state index in [4.69, 9.17) is 4.74 Å². The maximum Gasteiger partial charge on any atom is 0.416 e. The Balaban J connectivity index is 1.99. The van der Waals surface area contributed by atoms with Crippen LogP contribution in [0.15, 0.2) is 24.3 Å². The Bertz CT molecular complexity index is 516. The van der Waals surface area contributed by atoms with E-state index in [0.717, 1.165) is 37.9 Å². The number of halogens is 3. The second-order valence-corrected chi connectivity index (χ2v) is 7.48. The van der Waals surface area contributed by atoms with Gasteiger partial charge in [-0.25, -0.2) is 0 Å². The van der Waals surface area contributed by atoms with Crippen molar-refractivity contribution in [1.82, 2.24) is 4.90 Å². The van der Waals surface area contributed by atoms with Gasteiger partial charge in [-0.2, -0.15) is 13.2 Å². The average Bonchev–Trinajstić information content (AvgIpc) is 2.54. The summed E-state index contributed by atoms with van der Waals surface area (Å²) in [6.45, 7) is 8.45. The minimum atomic E-state index is -4.28. The molecule has 0 aliphatic carbocycles. The molecule has 0 bridgehead atoms. The normalized spacial score (nSPS) is 19.5. The highest BCUT2D eigenvalue weighted by Crippen LogP contribution is 2.34. The molecule has 1 unspecified atom stereocenters. The minimum Gasteiger partial charge on any atom is -0.381 e. The summed E-state index contributed by atoms with van der Waals surface area (Å²) in [4.78, 5) is 2.46. The average molecular weight is 343 g/mol. The second-order valence-electron chi connectivity index (χ2n) is 7.48. The first kappa shape index (κ1) is 19.3. The summed E-state index contributed by atoms with van der Waals surface area (Å²) in [6.07, 6.45) is -0.919. The highest BCUT2D eigenvalue weighted by atomic mass is 19.4. The molecule has 2 nitrogen and oxygen atoms in total. The van der Waals surface area contributed by atoms with Crippen molar-refractivity contribution in [3.8, 4) is 0 Å². The van der Waals surface area contributed by atoms with E-state index in [1.54, 1.807) is 19.2 Å². The molecule has 1 saturated heterocycles. The molecule has 0 radical (unpaired) electrons. The van der Waals surface area contributed by atoms with Crippen molar-refractivity contribution in [2.24, 2.45) is 0 Å². The third-order valence-corrected chi connectivity index (χ3v) is 5.23. The molecule has 24 heavy (non-hydrogen) atoms. The fraction of sp³-hybridized carbons (Fsp3) is 0.684. The molecule has 1 atom stereocenters. The van der Waals surface area contributed by atoms with Crippen molar-refractivity contribution in [1.29, 1.82) is 0 Å². The molecule has 1 aliphatic rings. The summed E-state index contributed by atoms with van der Waals surface area (Å²) in [5.41, 5.74) is 0.202. The van der Waals surface area contributed by atoms with E-state index in [1.165, 1.54) is 12.1 Å². The van der Waals surface area contributed by atoms with Crippen LogP contribution in [0.5, 0.6) is 0 Å². The summed E-state index contributed by atoms with van der Waals surface area (Å²) in [5.74, 6) is 0. The minimum absolute atomic E-state index is 0.165. The second kappa shape index (κ2) is 7.44. The van der Waals surface area contributed by atoms with Gasteiger partial charge < -0.3 is 9.64 Å². The number of ether oxygens (including phenoxy) is 1. The van der Waals surface area contributed by atoms with Crippen molar-refractivity contribution < 1.29 is 17.9 Å². The van der Waals surface area contributed by atoms with Crippen molar-refractivity contribution >= 4 is 0 Å². The molecule has 0 spiro atoms. The fourth-order valence-corrected chi connectivity index (χ4v) is 3.65. The molecular formula is C19H28F3NO. The number of hydrogen-bond acceptors (Lipinski definition) is 2. The molecule has 0 aromatic heterocycles. The first-order chi connectivity index (χ1) is 11.1. The standard InChI is InChI=1S/C19H28F3NO/c1-14(23-11-9-17(24-4)10-12-23)13-18(2,3)15-5-7-16(8-6-15)19(20,21)22/h5-8,14,17H,9-13H2,1-4H3. The molecule has 0 N–H and O–H groups in total. The summed E-state index contributed by atoms with van der Waals surface area (Å²) >= 11 is 0. The lowest BCUT2D eigenvalue weighted by Gasteiger charge is -2.39. The van der Waals surface area contributed by atoms with E-state index in [-0.39, 0.29) is 5.41 Å². The maximum absolute atomic E-state index is 12.7. The number of nitrogens with zero attached hydrogens (tertiary/aromatic N) is 1. The topological polar surface area (TPSA) is 12.5 Å². The lowest BCUT2D eigenvalue weighted by Crippen LogP contribution is -2.44. The van der Waals surface area contributed by atoms with E-state index in [9.17, 15) is 13.2 Å². The van der Waals surface area contributed by atoms with Gasteiger partial charge in [-0.3, -0.25) is 0 Å². The molecule has 1 aromatic carbocycles. The van der Waals surface area contributed by atoms with Crippen LogP contribution >= 0.6 is 0 Å². The maximum atomic E-state index is 12.7. The Hall–Kier alpha value is -1.07. The largest absolute Gasteiger partial charge is 0.416 e. The van der Waals surface area contributed by atoms with Gasteiger partial charge in [-0.05, 0) is 49.3 Å². The van der Waals surface area contributed by atoms with Crippen LogP contribution in [0.25, 0.3) is 0 Å². The molecule has 1 aliphatic heterocycles. The predicted molar refractivity (Wildman–Crippen MR) is 90.2 cm³/mol. The van der Waals surface area contributed by atoms with Gasteiger partial charge in [0, 0.05) is 26.2 Å². The van der Waals surface area contributed by atoms with E-state index in [0.29, 0.717) is 12.1 Å². The Labute approximate surface area is 143 Å². The van der Waals surface area contributed by atoms with Gasteiger partial charge in [0.05, 0.1) is 11.7 Å². The summed E-state index contributed by atoms with van der Waals surface area (Å²) in [6, 6.07) is 6.00. The van der Waals surface area contributed by atoms with Crippen LogP contribution < -0.4 is 0 Å². The number of rotatable bonds is 5.